The Labute approximate surface area is 180 Å². The average Bonchev–Trinajstić information content (AvgIpc) is 2.71. The number of terminal acetylenes is 1. The number of hydrogen-bond acceptors (Lipinski definition) is 4. The van der Waals surface area contributed by atoms with Crippen molar-refractivity contribution in [2.45, 2.75) is 44.7 Å². The summed E-state index contributed by atoms with van der Waals surface area (Å²) in [5.41, 5.74) is 2.03. The summed E-state index contributed by atoms with van der Waals surface area (Å²) in [5, 5.41) is 0. The van der Waals surface area contributed by atoms with E-state index in [0.717, 1.165) is 23.8 Å². The molecule has 1 heterocycles. The van der Waals surface area contributed by atoms with E-state index in [-0.39, 0.29) is 18.7 Å². The van der Waals surface area contributed by atoms with Gasteiger partial charge in [-0.3, -0.25) is 0 Å². The van der Waals surface area contributed by atoms with Gasteiger partial charge in [0.1, 0.15) is 0 Å². The van der Waals surface area contributed by atoms with Crippen LogP contribution in [-0.2, 0) is 14.8 Å². The first-order valence-electron chi connectivity index (χ1n) is 10.1. The highest BCUT2D eigenvalue weighted by molar-refractivity contribution is 7.88. The third kappa shape index (κ3) is 7.36. The molecule has 1 saturated heterocycles. The van der Waals surface area contributed by atoms with Crippen molar-refractivity contribution in [1.29, 1.82) is 0 Å². The number of rotatable bonds is 8. The first-order valence-corrected chi connectivity index (χ1v) is 12.0. The lowest BCUT2D eigenvalue weighted by Crippen LogP contribution is -2.56. The van der Waals surface area contributed by atoms with Gasteiger partial charge in [-0.25, -0.2) is 17.9 Å². The predicted octanol–water partition coefficient (Wildman–Crippen LogP) is 3.58. The van der Waals surface area contributed by atoms with Gasteiger partial charge in [-0.15, -0.1) is 6.42 Å². The molecule has 1 fully saturated rings. The lowest BCUT2D eigenvalue weighted by Gasteiger charge is -2.40. The van der Waals surface area contributed by atoms with Gasteiger partial charge in [0, 0.05) is 12.6 Å². The average molecular weight is 431 g/mol. The molecule has 2 rings (SSSR count). The summed E-state index contributed by atoms with van der Waals surface area (Å²) in [6.45, 7) is 2.59. The standard InChI is InChI=1S/C23H30N2O4S/c1-4-6-12-19(20-13-8-7-9-14-20)15-10-17-22-21(24-30(3,27)28)16-11-18-25(22)23(26)29-5-2/h1,6-9,12-15,21-22,24H,5,10-11,16-18H2,2-3H3/b12-6-,19-15+. The number of sulfonamides is 1. The van der Waals surface area contributed by atoms with Crippen LogP contribution in [0.5, 0.6) is 0 Å². The number of carbonyl (C=O) groups excluding carboxylic acids is 1. The molecule has 162 valence electrons. The van der Waals surface area contributed by atoms with Gasteiger partial charge in [0.25, 0.3) is 0 Å². The van der Waals surface area contributed by atoms with Crippen LogP contribution in [0.15, 0.2) is 48.6 Å². The molecular weight excluding hydrogens is 400 g/mol. The highest BCUT2D eigenvalue weighted by Gasteiger charge is 2.35. The van der Waals surface area contributed by atoms with Crippen LogP contribution in [0.4, 0.5) is 4.79 Å². The fraction of sp³-hybridized carbons (Fsp3) is 0.435. The van der Waals surface area contributed by atoms with Gasteiger partial charge in [-0.2, -0.15) is 0 Å². The van der Waals surface area contributed by atoms with Gasteiger partial charge >= 0.3 is 6.09 Å². The van der Waals surface area contributed by atoms with Crippen LogP contribution >= 0.6 is 0 Å². The normalized spacial score (nSPS) is 20.2. The number of piperidine rings is 1. The van der Waals surface area contributed by atoms with Crippen molar-refractivity contribution in [2.75, 3.05) is 19.4 Å². The van der Waals surface area contributed by atoms with Crippen molar-refractivity contribution in [3.63, 3.8) is 0 Å². The Morgan fingerprint density at radius 1 is 1.37 bits per heavy atom. The zero-order valence-corrected chi connectivity index (χ0v) is 18.4. The van der Waals surface area contributed by atoms with Gasteiger partial charge in [0.2, 0.25) is 10.0 Å². The molecule has 1 aliphatic heterocycles. The molecule has 0 saturated carbocycles. The topological polar surface area (TPSA) is 75.7 Å². The van der Waals surface area contributed by atoms with Crippen LogP contribution in [0.3, 0.4) is 0 Å². The molecule has 0 aliphatic carbocycles. The minimum atomic E-state index is -3.39. The number of likely N-dealkylation sites (tertiary alicyclic amines) is 1. The molecule has 1 aromatic rings. The lowest BCUT2D eigenvalue weighted by atomic mass is 9.92. The van der Waals surface area contributed by atoms with Crippen molar-refractivity contribution >= 4 is 21.7 Å². The molecule has 7 heteroatoms. The molecule has 1 aliphatic rings. The summed E-state index contributed by atoms with van der Waals surface area (Å²) in [4.78, 5) is 14.1. The third-order valence-electron chi connectivity index (χ3n) is 4.94. The van der Waals surface area contributed by atoms with E-state index in [1.807, 2.05) is 36.4 Å². The van der Waals surface area contributed by atoms with E-state index in [0.29, 0.717) is 25.8 Å². The number of nitrogens with one attached hydrogen (secondary N) is 1. The highest BCUT2D eigenvalue weighted by atomic mass is 32.2. The fourth-order valence-electron chi connectivity index (χ4n) is 3.72. The van der Waals surface area contributed by atoms with E-state index in [9.17, 15) is 13.2 Å². The van der Waals surface area contributed by atoms with Crippen molar-refractivity contribution < 1.29 is 17.9 Å². The molecule has 2 atom stereocenters. The third-order valence-corrected chi connectivity index (χ3v) is 5.67. The Balaban J connectivity index is 2.23. The number of ether oxygens (including phenoxy) is 1. The van der Waals surface area contributed by atoms with Gasteiger partial charge in [-0.1, -0.05) is 42.3 Å². The van der Waals surface area contributed by atoms with E-state index in [1.54, 1.807) is 17.9 Å². The van der Waals surface area contributed by atoms with Crippen molar-refractivity contribution in [3.05, 3.63) is 54.1 Å². The number of allylic oxidation sites excluding steroid dienone is 4. The molecular formula is C23H30N2O4S. The smallest absolute Gasteiger partial charge is 0.410 e. The summed E-state index contributed by atoms with van der Waals surface area (Å²) in [6.07, 6.45) is 14.4. The van der Waals surface area contributed by atoms with Gasteiger partial charge in [-0.05, 0) is 55.9 Å². The van der Waals surface area contributed by atoms with Crippen molar-refractivity contribution in [2.24, 2.45) is 0 Å². The SMILES string of the molecule is C#C/C=C\C(=C/CCC1C(NS(C)(=O)=O)CCCN1C(=O)OCC)c1ccccc1. The summed E-state index contributed by atoms with van der Waals surface area (Å²) >= 11 is 0. The first kappa shape index (κ1) is 23.7. The van der Waals surface area contributed by atoms with E-state index >= 15 is 0 Å². The summed E-state index contributed by atoms with van der Waals surface area (Å²) in [7, 11) is -3.39. The Morgan fingerprint density at radius 3 is 2.73 bits per heavy atom. The zero-order chi connectivity index (χ0) is 22.0. The van der Waals surface area contributed by atoms with Crippen molar-refractivity contribution in [3.8, 4) is 12.3 Å². The fourth-order valence-corrected chi connectivity index (χ4v) is 4.54. The van der Waals surface area contributed by atoms with Gasteiger partial charge in [0.15, 0.2) is 0 Å². The molecule has 0 aromatic heterocycles. The second kappa shape index (κ2) is 11.6. The van der Waals surface area contributed by atoms with E-state index in [4.69, 9.17) is 11.2 Å². The quantitative estimate of drug-likeness (QED) is 0.505. The predicted molar refractivity (Wildman–Crippen MR) is 120 cm³/mol. The summed E-state index contributed by atoms with van der Waals surface area (Å²) in [5.74, 6) is 2.51. The van der Waals surface area contributed by atoms with Crippen LogP contribution in [0, 0.1) is 12.3 Å². The molecule has 1 aromatic carbocycles. The number of hydrogen-bond donors (Lipinski definition) is 1. The minimum absolute atomic E-state index is 0.279. The maximum absolute atomic E-state index is 12.5. The Bertz CT molecular complexity index is 901. The number of carbonyl (C=O) groups is 1. The van der Waals surface area contributed by atoms with E-state index < -0.39 is 16.1 Å². The molecule has 30 heavy (non-hydrogen) atoms. The van der Waals surface area contributed by atoms with Crippen LogP contribution in [0.1, 0.15) is 38.2 Å². The first-order chi connectivity index (χ1) is 14.4. The van der Waals surface area contributed by atoms with E-state index in [2.05, 4.69) is 16.7 Å². The Hall–Kier alpha value is -2.56. The molecule has 0 radical (unpaired) electrons. The second-order valence-corrected chi connectivity index (χ2v) is 8.98. The van der Waals surface area contributed by atoms with Gasteiger partial charge in [0.05, 0.1) is 18.9 Å². The summed E-state index contributed by atoms with van der Waals surface area (Å²) in [6, 6.07) is 9.27. The zero-order valence-electron chi connectivity index (χ0n) is 17.6. The Morgan fingerprint density at radius 2 is 2.10 bits per heavy atom. The Kier molecular flexibility index (Phi) is 9.15. The number of nitrogens with zero attached hydrogens (tertiary/aromatic N) is 1. The lowest BCUT2D eigenvalue weighted by molar-refractivity contribution is 0.0655. The molecule has 0 spiro atoms. The number of benzene rings is 1. The summed E-state index contributed by atoms with van der Waals surface area (Å²) < 4.78 is 31.6. The largest absolute Gasteiger partial charge is 0.450 e. The molecule has 0 bridgehead atoms. The maximum Gasteiger partial charge on any atom is 0.410 e. The van der Waals surface area contributed by atoms with Crippen LogP contribution in [-0.4, -0.2) is 50.9 Å². The van der Waals surface area contributed by atoms with Crippen LogP contribution in [0.25, 0.3) is 5.57 Å². The van der Waals surface area contributed by atoms with Crippen LogP contribution in [0.2, 0.25) is 0 Å². The molecule has 2 unspecified atom stereocenters. The monoisotopic (exact) mass is 430 g/mol. The van der Waals surface area contributed by atoms with Crippen molar-refractivity contribution in [1.82, 2.24) is 9.62 Å². The minimum Gasteiger partial charge on any atom is -0.450 e. The maximum atomic E-state index is 12.5. The number of amides is 1. The molecule has 6 nitrogen and oxygen atoms in total. The van der Waals surface area contributed by atoms with E-state index in [1.165, 1.54) is 0 Å². The molecule has 1 amide bonds. The van der Waals surface area contributed by atoms with Gasteiger partial charge < -0.3 is 9.64 Å². The van der Waals surface area contributed by atoms with Crippen LogP contribution < -0.4 is 4.72 Å². The second-order valence-electron chi connectivity index (χ2n) is 7.20. The molecule has 1 N–H and O–H groups in total. The highest BCUT2D eigenvalue weighted by Crippen LogP contribution is 2.25.